The number of aromatic nitrogens is 4. The highest BCUT2D eigenvalue weighted by molar-refractivity contribution is 6.31. The third-order valence-corrected chi connectivity index (χ3v) is 3.37. The van der Waals surface area contributed by atoms with E-state index in [-0.39, 0.29) is 5.56 Å². The Bertz CT molecular complexity index is 823. The van der Waals surface area contributed by atoms with Crippen molar-refractivity contribution in [3.05, 3.63) is 51.4 Å². The molecule has 2 aromatic heterocycles. The van der Waals surface area contributed by atoms with E-state index in [2.05, 4.69) is 20.4 Å². The lowest BCUT2D eigenvalue weighted by Crippen LogP contribution is -2.15. The van der Waals surface area contributed by atoms with E-state index in [0.717, 1.165) is 5.56 Å². The Balaban J connectivity index is 1.89. The van der Waals surface area contributed by atoms with Gasteiger partial charge in [0.1, 0.15) is 5.52 Å². The van der Waals surface area contributed by atoms with Crippen molar-refractivity contribution in [2.24, 2.45) is 7.05 Å². The number of fused-ring (bicyclic) bond motifs is 1. The molecule has 0 radical (unpaired) electrons. The van der Waals surface area contributed by atoms with Gasteiger partial charge in [0.2, 0.25) is 5.95 Å². The third kappa shape index (κ3) is 2.25. The summed E-state index contributed by atoms with van der Waals surface area (Å²) < 4.78 is 1.50. The highest BCUT2D eigenvalue weighted by Crippen LogP contribution is 2.16. The Hall–Kier alpha value is -2.34. The van der Waals surface area contributed by atoms with Gasteiger partial charge in [-0.25, -0.2) is 4.98 Å². The molecule has 0 spiro atoms. The van der Waals surface area contributed by atoms with Crippen LogP contribution in [0.1, 0.15) is 5.56 Å². The quantitative estimate of drug-likeness (QED) is 0.772. The van der Waals surface area contributed by atoms with E-state index in [4.69, 9.17) is 11.6 Å². The molecule has 0 aliphatic heterocycles. The van der Waals surface area contributed by atoms with Gasteiger partial charge in [0.15, 0.2) is 5.52 Å². The smallest absolute Gasteiger partial charge is 0.278 e. The molecular formula is C13H12ClN5O. The highest BCUT2D eigenvalue weighted by atomic mass is 35.5. The molecule has 0 bridgehead atoms. The minimum Gasteiger partial charge on any atom is -0.352 e. The van der Waals surface area contributed by atoms with Crippen LogP contribution in [0.2, 0.25) is 5.02 Å². The largest absolute Gasteiger partial charge is 0.352 e. The van der Waals surface area contributed by atoms with Crippen LogP contribution in [0.15, 0.2) is 35.3 Å². The van der Waals surface area contributed by atoms with Gasteiger partial charge in [-0.1, -0.05) is 29.8 Å². The lowest BCUT2D eigenvalue weighted by atomic mass is 10.2. The Morgan fingerprint density at radius 1 is 1.40 bits per heavy atom. The Morgan fingerprint density at radius 2 is 2.20 bits per heavy atom. The lowest BCUT2D eigenvalue weighted by molar-refractivity contribution is 0.792. The number of rotatable bonds is 3. The fourth-order valence-electron chi connectivity index (χ4n) is 1.99. The van der Waals surface area contributed by atoms with E-state index in [0.29, 0.717) is 28.5 Å². The van der Waals surface area contributed by atoms with Crippen LogP contribution in [0.3, 0.4) is 0 Å². The van der Waals surface area contributed by atoms with Crippen LogP contribution in [0.25, 0.3) is 11.0 Å². The molecule has 7 heteroatoms. The molecule has 0 unspecified atom stereocenters. The maximum Gasteiger partial charge on any atom is 0.278 e. The van der Waals surface area contributed by atoms with Gasteiger partial charge in [-0.05, 0) is 11.6 Å². The minimum absolute atomic E-state index is 0.225. The summed E-state index contributed by atoms with van der Waals surface area (Å²) in [4.78, 5) is 18.9. The number of benzene rings is 1. The van der Waals surface area contributed by atoms with Crippen molar-refractivity contribution in [2.45, 2.75) is 6.54 Å². The van der Waals surface area contributed by atoms with Crippen molar-refractivity contribution in [3.8, 4) is 0 Å². The van der Waals surface area contributed by atoms with Crippen molar-refractivity contribution in [3.63, 3.8) is 0 Å². The molecule has 0 saturated heterocycles. The molecule has 0 amide bonds. The number of hydrogen-bond acceptors (Lipinski definition) is 4. The van der Waals surface area contributed by atoms with Crippen LogP contribution in [-0.4, -0.2) is 19.7 Å². The van der Waals surface area contributed by atoms with Crippen molar-refractivity contribution in [1.82, 2.24) is 19.7 Å². The van der Waals surface area contributed by atoms with Gasteiger partial charge in [0.25, 0.3) is 5.56 Å². The summed E-state index contributed by atoms with van der Waals surface area (Å²) >= 11 is 6.07. The number of aromatic amines is 1. The normalized spacial score (nSPS) is 10.9. The fourth-order valence-corrected chi connectivity index (χ4v) is 2.19. The van der Waals surface area contributed by atoms with Crippen LogP contribution in [0.5, 0.6) is 0 Å². The molecule has 3 aromatic rings. The van der Waals surface area contributed by atoms with E-state index in [9.17, 15) is 4.79 Å². The molecule has 2 N–H and O–H groups in total. The second kappa shape index (κ2) is 4.97. The summed E-state index contributed by atoms with van der Waals surface area (Å²) in [6, 6.07) is 7.51. The SMILES string of the molecule is Cn1ncc2nc(NCc3ccccc3Cl)[nH]c(=O)c21. The maximum atomic E-state index is 11.9. The van der Waals surface area contributed by atoms with Crippen LogP contribution < -0.4 is 10.9 Å². The highest BCUT2D eigenvalue weighted by Gasteiger charge is 2.08. The molecule has 102 valence electrons. The first kappa shape index (κ1) is 12.7. The number of aryl methyl sites for hydroxylation is 1. The number of nitrogens with zero attached hydrogens (tertiary/aromatic N) is 3. The van der Waals surface area contributed by atoms with E-state index >= 15 is 0 Å². The first-order valence-corrected chi connectivity index (χ1v) is 6.42. The van der Waals surface area contributed by atoms with E-state index in [1.54, 1.807) is 13.2 Å². The van der Waals surface area contributed by atoms with Crippen molar-refractivity contribution >= 4 is 28.6 Å². The molecule has 0 aliphatic carbocycles. The first-order chi connectivity index (χ1) is 9.65. The zero-order valence-corrected chi connectivity index (χ0v) is 11.5. The standard InChI is InChI=1S/C13H12ClN5O/c1-19-11-10(7-16-19)17-13(18-12(11)20)15-6-8-4-2-3-5-9(8)14/h2-5,7H,6H2,1H3,(H2,15,17,18,20). The van der Waals surface area contributed by atoms with E-state index in [1.165, 1.54) is 4.68 Å². The van der Waals surface area contributed by atoms with Crippen molar-refractivity contribution < 1.29 is 0 Å². The average Bonchev–Trinajstić information content (AvgIpc) is 2.80. The molecular weight excluding hydrogens is 278 g/mol. The molecule has 20 heavy (non-hydrogen) atoms. The van der Waals surface area contributed by atoms with Gasteiger partial charge < -0.3 is 5.32 Å². The predicted molar refractivity (Wildman–Crippen MR) is 77.9 cm³/mol. The summed E-state index contributed by atoms with van der Waals surface area (Å²) in [6.45, 7) is 0.481. The first-order valence-electron chi connectivity index (χ1n) is 6.04. The second-order valence-electron chi connectivity index (χ2n) is 4.36. The summed E-state index contributed by atoms with van der Waals surface area (Å²) in [7, 11) is 1.70. The fraction of sp³-hybridized carbons (Fsp3) is 0.154. The number of hydrogen-bond donors (Lipinski definition) is 2. The molecule has 0 atom stereocenters. The Morgan fingerprint density at radius 3 is 3.00 bits per heavy atom. The zero-order chi connectivity index (χ0) is 14.1. The molecule has 2 heterocycles. The molecule has 1 aromatic carbocycles. The van der Waals surface area contributed by atoms with Gasteiger partial charge >= 0.3 is 0 Å². The van der Waals surface area contributed by atoms with Gasteiger partial charge in [-0.15, -0.1) is 0 Å². The molecule has 0 saturated carbocycles. The average molecular weight is 290 g/mol. The van der Waals surface area contributed by atoms with Crippen LogP contribution >= 0.6 is 11.6 Å². The number of H-pyrrole nitrogens is 1. The zero-order valence-electron chi connectivity index (χ0n) is 10.7. The van der Waals surface area contributed by atoms with Gasteiger partial charge in [0.05, 0.1) is 6.20 Å². The molecule has 0 aliphatic rings. The van der Waals surface area contributed by atoms with Crippen LogP contribution in [0.4, 0.5) is 5.95 Å². The van der Waals surface area contributed by atoms with Gasteiger partial charge in [-0.2, -0.15) is 5.10 Å². The lowest BCUT2D eigenvalue weighted by Gasteiger charge is -2.07. The summed E-state index contributed by atoms with van der Waals surface area (Å²) in [5.41, 5.74) is 1.71. The topological polar surface area (TPSA) is 75.6 Å². The number of nitrogens with one attached hydrogen (secondary N) is 2. The van der Waals surface area contributed by atoms with E-state index in [1.807, 2.05) is 24.3 Å². The van der Waals surface area contributed by atoms with Crippen LogP contribution in [-0.2, 0) is 13.6 Å². The number of halogens is 1. The molecule has 3 rings (SSSR count). The second-order valence-corrected chi connectivity index (χ2v) is 4.77. The Labute approximate surface area is 119 Å². The van der Waals surface area contributed by atoms with E-state index < -0.39 is 0 Å². The van der Waals surface area contributed by atoms with Crippen LogP contribution in [0, 0.1) is 0 Å². The van der Waals surface area contributed by atoms with Crippen molar-refractivity contribution in [1.29, 1.82) is 0 Å². The predicted octanol–water partition coefficient (Wildman–Crippen LogP) is 1.92. The Kier molecular flexibility index (Phi) is 3.15. The van der Waals surface area contributed by atoms with Crippen molar-refractivity contribution in [2.75, 3.05) is 5.32 Å². The number of anilines is 1. The van der Waals surface area contributed by atoms with Gasteiger partial charge in [-0.3, -0.25) is 14.5 Å². The molecule has 0 fully saturated rings. The summed E-state index contributed by atoms with van der Waals surface area (Å²) in [5, 5.41) is 7.74. The minimum atomic E-state index is -0.225. The summed E-state index contributed by atoms with van der Waals surface area (Å²) in [5.74, 6) is 0.399. The maximum absolute atomic E-state index is 11.9. The third-order valence-electron chi connectivity index (χ3n) is 3.00. The van der Waals surface area contributed by atoms with Gasteiger partial charge in [0, 0.05) is 18.6 Å². The summed E-state index contributed by atoms with van der Waals surface area (Å²) in [6.07, 6.45) is 1.56. The monoisotopic (exact) mass is 289 g/mol. The molecule has 6 nitrogen and oxygen atoms in total.